The van der Waals surface area contributed by atoms with E-state index in [1.165, 1.54) is 53.5 Å². The Morgan fingerprint density at radius 3 is 2.14 bits per heavy atom. The minimum absolute atomic E-state index is 0.219. The van der Waals surface area contributed by atoms with E-state index in [9.17, 15) is 0 Å². The molecule has 22 heavy (non-hydrogen) atoms. The molecule has 2 aromatic carbocycles. The first-order valence-corrected chi connectivity index (χ1v) is 8.66. The molecule has 0 amide bonds. The summed E-state index contributed by atoms with van der Waals surface area (Å²) >= 11 is 0. The van der Waals surface area contributed by atoms with Crippen LogP contribution in [0.4, 0.5) is 0 Å². The van der Waals surface area contributed by atoms with Gasteiger partial charge in [0.2, 0.25) is 0 Å². The summed E-state index contributed by atoms with van der Waals surface area (Å²) in [7, 11) is 0. The van der Waals surface area contributed by atoms with Gasteiger partial charge in [0.25, 0.3) is 0 Å². The zero-order valence-corrected chi connectivity index (χ0v) is 14.4. The van der Waals surface area contributed by atoms with Crippen LogP contribution in [0.1, 0.15) is 60.4 Å². The van der Waals surface area contributed by atoms with Crippen molar-refractivity contribution >= 4 is 0 Å². The summed E-state index contributed by atoms with van der Waals surface area (Å²) in [5, 5.41) is 0. The Balaban J connectivity index is 2.12. The molecule has 116 valence electrons. The highest BCUT2D eigenvalue weighted by Crippen LogP contribution is 2.46. The molecule has 1 fully saturated rings. The summed E-state index contributed by atoms with van der Waals surface area (Å²) in [6.45, 7) is 9.07. The van der Waals surface area contributed by atoms with E-state index in [4.69, 9.17) is 0 Å². The van der Waals surface area contributed by atoms with Gasteiger partial charge in [-0.05, 0) is 74.6 Å². The molecule has 2 aromatic rings. The Labute approximate surface area is 135 Å². The topological polar surface area (TPSA) is 0 Å². The van der Waals surface area contributed by atoms with E-state index < -0.39 is 0 Å². The maximum absolute atomic E-state index is 2.44. The average molecular weight is 292 g/mol. The van der Waals surface area contributed by atoms with Crippen LogP contribution in [0.15, 0.2) is 42.5 Å². The maximum atomic E-state index is 2.44. The summed E-state index contributed by atoms with van der Waals surface area (Å²) < 4.78 is 0. The van der Waals surface area contributed by atoms with Gasteiger partial charge in [-0.3, -0.25) is 0 Å². The Morgan fingerprint density at radius 2 is 1.50 bits per heavy atom. The predicted molar refractivity (Wildman–Crippen MR) is 95.5 cm³/mol. The lowest BCUT2D eigenvalue weighted by atomic mass is 9.63. The van der Waals surface area contributed by atoms with Crippen molar-refractivity contribution in [1.29, 1.82) is 0 Å². The number of rotatable bonds is 2. The van der Waals surface area contributed by atoms with E-state index in [0.717, 1.165) is 5.92 Å². The van der Waals surface area contributed by atoms with Crippen LogP contribution in [0.2, 0.25) is 0 Å². The second-order valence-electron chi connectivity index (χ2n) is 7.43. The molecular formula is C22H28. The van der Waals surface area contributed by atoms with Crippen LogP contribution in [0.5, 0.6) is 0 Å². The SMILES string of the molecule is Cc1cccc(C2(c3ccc(C)c(C)c3)CCC(C)CC2)c1. The largest absolute Gasteiger partial charge is 0.0625 e. The minimum Gasteiger partial charge on any atom is -0.0625 e. The van der Waals surface area contributed by atoms with Crippen molar-refractivity contribution in [1.82, 2.24) is 0 Å². The predicted octanol–water partition coefficient (Wildman–Crippen LogP) is 6.11. The normalized spacial score (nSPS) is 25.2. The maximum Gasteiger partial charge on any atom is 0.0203 e. The lowest BCUT2D eigenvalue weighted by molar-refractivity contribution is 0.280. The van der Waals surface area contributed by atoms with Gasteiger partial charge in [0.1, 0.15) is 0 Å². The number of benzene rings is 2. The van der Waals surface area contributed by atoms with Crippen LogP contribution in [-0.2, 0) is 5.41 Å². The van der Waals surface area contributed by atoms with Gasteiger partial charge in [0, 0.05) is 5.41 Å². The van der Waals surface area contributed by atoms with Crippen LogP contribution < -0.4 is 0 Å². The monoisotopic (exact) mass is 292 g/mol. The third kappa shape index (κ3) is 2.72. The Bertz CT molecular complexity index is 657. The van der Waals surface area contributed by atoms with Crippen molar-refractivity contribution in [3.8, 4) is 0 Å². The second kappa shape index (κ2) is 5.91. The van der Waals surface area contributed by atoms with Gasteiger partial charge in [-0.15, -0.1) is 0 Å². The van der Waals surface area contributed by atoms with E-state index in [0.29, 0.717) is 0 Å². The van der Waals surface area contributed by atoms with Gasteiger partial charge in [-0.2, -0.15) is 0 Å². The van der Waals surface area contributed by atoms with Gasteiger partial charge in [-0.25, -0.2) is 0 Å². The Hall–Kier alpha value is -1.56. The molecule has 0 nitrogen and oxygen atoms in total. The molecule has 0 atom stereocenters. The second-order valence-corrected chi connectivity index (χ2v) is 7.43. The molecule has 0 saturated heterocycles. The zero-order chi connectivity index (χ0) is 15.7. The highest BCUT2D eigenvalue weighted by atomic mass is 14.4. The third-order valence-electron chi connectivity index (χ3n) is 5.76. The number of hydrogen-bond acceptors (Lipinski definition) is 0. The summed E-state index contributed by atoms with van der Waals surface area (Å²) in [6.07, 6.45) is 5.22. The number of hydrogen-bond donors (Lipinski definition) is 0. The van der Waals surface area contributed by atoms with Crippen LogP contribution in [0.25, 0.3) is 0 Å². The first kappa shape index (κ1) is 15.3. The molecule has 0 aliphatic heterocycles. The molecule has 0 spiro atoms. The van der Waals surface area contributed by atoms with Crippen LogP contribution >= 0.6 is 0 Å². The smallest absolute Gasteiger partial charge is 0.0203 e. The van der Waals surface area contributed by atoms with Gasteiger partial charge < -0.3 is 0 Å². The van der Waals surface area contributed by atoms with E-state index >= 15 is 0 Å². The van der Waals surface area contributed by atoms with Gasteiger partial charge in [-0.1, -0.05) is 55.0 Å². The van der Waals surface area contributed by atoms with Crippen molar-refractivity contribution < 1.29 is 0 Å². The van der Waals surface area contributed by atoms with E-state index in [1.807, 2.05) is 0 Å². The van der Waals surface area contributed by atoms with Gasteiger partial charge in [0.15, 0.2) is 0 Å². The molecule has 0 N–H and O–H groups in total. The highest BCUT2D eigenvalue weighted by molar-refractivity contribution is 5.44. The fourth-order valence-electron chi connectivity index (χ4n) is 3.98. The first-order valence-electron chi connectivity index (χ1n) is 8.66. The van der Waals surface area contributed by atoms with Crippen molar-refractivity contribution in [2.75, 3.05) is 0 Å². The molecule has 0 unspecified atom stereocenters. The molecule has 0 bridgehead atoms. The Kier molecular flexibility index (Phi) is 4.12. The highest BCUT2D eigenvalue weighted by Gasteiger charge is 2.37. The molecule has 0 radical (unpaired) electrons. The lowest BCUT2D eigenvalue weighted by Crippen LogP contribution is -2.32. The van der Waals surface area contributed by atoms with Crippen LogP contribution in [-0.4, -0.2) is 0 Å². The van der Waals surface area contributed by atoms with E-state index in [1.54, 1.807) is 0 Å². The van der Waals surface area contributed by atoms with Gasteiger partial charge in [0.05, 0.1) is 0 Å². The summed E-state index contributed by atoms with van der Waals surface area (Å²) in [5.74, 6) is 0.865. The summed E-state index contributed by atoms with van der Waals surface area (Å²) in [4.78, 5) is 0. The van der Waals surface area contributed by atoms with Crippen molar-refractivity contribution in [3.05, 3.63) is 70.3 Å². The van der Waals surface area contributed by atoms with Crippen molar-refractivity contribution in [2.45, 2.75) is 58.8 Å². The van der Waals surface area contributed by atoms with Gasteiger partial charge >= 0.3 is 0 Å². The summed E-state index contributed by atoms with van der Waals surface area (Å²) in [6, 6.07) is 16.3. The van der Waals surface area contributed by atoms with Crippen molar-refractivity contribution in [2.24, 2.45) is 5.92 Å². The molecule has 1 aliphatic carbocycles. The number of aryl methyl sites for hydroxylation is 3. The van der Waals surface area contributed by atoms with E-state index in [-0.39, 0.29) is 5.41 Å². The first-order chi connectivity index (χ1) is 10.5. The third-order valence-corrected chi connectivity index (χ3v) is 5.76. The van der Waals surface area contributed by atoms with Crippen LogP contribution in [0, 0.1) is 26.7 Å². The van der Waals surface area contributed by atoms with Crippen molar-refractivity contribution in [3.63, 3.8) is 0 Å². The fraction of sp³-hybridized carbons (Fsp3) is 0.455. The average Bonchev–Trinajstić information content (AvgIpc) is 2.51. The fourth-order valence-corrected chi connectivity index (χ4v) is 3.98. The van der Waals surface area contributed by atoms with E-state index in [2.05, 4.69) is 70.2 Å². The summed E-state index contributed by atoms with van der Waals surface area (Å²) in [5.41, 5.74) is 7.45. The molecule has 1 saturated carbocycles. The quantitative estimate of drug-likeness (QED) is 0.626. The molecular weight excluding hydrogens is 264 g/mol. The van der Waals surface area contributed by atoms with Crippen LogP contribution in [0.3, 0.4) is 0 Å². The molecule has 0 heteroatoms. The molecule has 1 aliphatic rings. The minimum atomic E-state index is 0.219. The Morgan fingerprint density at radius 1 is 0.818 bits per heavy atom. The zero-order valence-electron chi connectivity index (χ0n) is 14.4. The molecule has 3 rings (SSSR count). The standard InChI is InChI=1S/C22H28/c1-16-10-12-22(13-11-16,20-7-5-6-17(2)14-20)21-9-8-18(3)19(4)15-21/h5-9,14-16H,10-13H2,1-4H3. The molecule has 0 heterocycles. The lowest BCUT2D eigenvalue weighted by Gasteiger charge is -2.41. The molecule has 0 aromatic heterocycles.